The van der Waals surface area contributed by atoms with Gasteiger partial charge in [0.25, 0.3) is 0 Å². The second-order valence-corrected chi connectivity index (χ2v) is 8.59. The minimum Gasteiger partial charge on any atom is -0.470 e. The summed E-state index contributed by atoms with van der Waals surface area (Å²) in [7, 11) is 0. The maximum absolute atomic E-state index is 10.4. The van der Waals surface area contributed by atoms with Gasteiger partial charge in [0.05, 0.1) is 11.8 Å². The van der Waals surface area contributed by atoms with Gasteiger partial charge in [-0.2, -0.15) is 4.98 Å². The van der Waals surface area contributed by atoms with Crippen LogP contribution >= 0.6 is 0 Å². The van der Waals surface area contributed by atoms with E-state index in [4.69, 9.17) is 14.7 Å². The summed E-state index contributed by atoms with van der Waals surface area (Å²) in [5, 5.41) is 10.4. The van der Waals surface area contributed by atoms with Crippen molar-refractivity contribution in [1.29, 1.82) is 0 Å². The largest absolute Gasteiger partial charge is 0.470 e. The van der Waals surface area contributed by atoms with E-state index < -0.39 is 6.10 Å². The molecule has 5 heteroatoms. The molecule has 2 aromatic rings. The van der Waals surface area contributed by atoms with Gasteiger partial charge in [-0.15, -0.1) is 0 Å². The zero-order valence-corrected chi connectivity index (χ0v) is 19.9. The zero-order chi connectivity index (χ0) is 22.4. The number of aliphatic hydroxyl groups excluding tert-OH is 1. The molecule has 0 aliphatic heterocycles. The van der Waals surface area contributed by atoms with Crippen LogP contribution in [0, 0.1) is 6.92 Å². The summed E-state index contributed by atoms with van der Waals surface area (Å²) in [5.41, 5.74) is 5.59. The van der Waals surface area contributed by atoms with Crippen molar-refractivity contribution < 1.29 is 9.84 Å². The third kappa shape index (κ3) is 5.20. The number of aliphatic hydroxyl groups is 1. The van der Waals surface area contributed by atoms with Gasteiger partial charge in [0, 0.05) is 18.7 Å². The molecule has 0 spiro atoms. The highest BCUT2D eigenvalue weighted by Crippen LogP contribution is 2.37. The number of aryl methyl sites for hydroxylation is 3. The molecular formula is C26H39N3O2. The lowest BCUT2D eigenvalue weighted by Crippen LogP contribution is -2.30. The van der Waals surface area contributed by atoms with Crippen molar-refractivity contribution in [2.24, 2.45) is 0 Å². The molecule has 0 saturated heterocycles. The van der Waals surface area contributed by atoms with Gasteiger partial charge < -0.3 is 14.7 Å². The number of anilines is 1. The first-order valence-electron chi connectivity index (χ1n) is 12.1. The predicted molar refractivity (Wildman–Crippen MR) is 128 cm³/mol. The highest BCUT2D eigenvalue weighted by atomic mass is 16.5. The first-order valence-corrected chi connectivity index (χ1v) is 12.1. The number of hydrogen-bond acceptors (Lipinski definition) is 5. The molecule has 2 atom stereocenters. The molecule has 1 aromatic heterocycles. The predicted octanol–water partition coefficient (Wildman–Crippen LogP) is 5.50. The van der Waals surface area contributed by atoms with E-state index in [1.54, 1.807) is 0 Å². The fourth-order valence-corrected chi connectivity index (χ4v) is 4.69. The molecule has 31 heavy (non-hydrogen) atoms. The van der Waals surface area contributed by atoms with E-state index in [0.717, 1.165) is 80.8 Å². The molecular weight excluding hydrogens is 386 g/mol. The van der Waals surface area contributed by atoms with Crippen LogP contribution in [0.15, 0.2) is 18.2 Å². The van der Waals surface area contributed by atoms with Gasteiger partial charge in [-0.25, -0.2) is 4.98 Å². The lowest BCUT2D eigenvalue weighted by molar-refractivity contribution is 0.0576. The van der Waals surface area contributed by atoms with Crippen LogP contribution in [-0.2, 0) is 12.8 Å². The van der Waals surface area contributed by atoms with Crippen LogP contribution in [0.3, 0.4) is 0 Å². The van der Waals surface area contributed by atoms with Crippen LogP contribution in [0.2, 0.25) is 0 Å². The molecule has 1 aromatic carbocycles. The molecule has 0 unspecified atom stereocenters. The minimum absolute atomic E-state index is 0.196. The quantitative estimate of drug-likeness (QED) is 0.545. The van der Waals surface area contributed by atoms with Crippen LogP contribution in [0.5, 0.6) is 5.88 Å². The number of aromatic nitrogens is 2. The summed E-state index contributed by atoms with van der Waals surface area (Å²) in [6, 6.07) is 6.46. The maximum atomic E-state index is 10.4. The topological polar surface area (TPSA) is 58.5 Å². The fourth-order valence-electron chi connectivity index (χ4n) is 4.69. The first kappa shape index (κ1) is 23.5. The zero-order valence-electron chi connectivity index (χ0n) is 19.9. The Hall–Kier alpha value is -2.14. The van der Waals surface area contributed by atoms with Crippen molar-refractivity contribution in [2.45, 2.75) is 91.8 Å². The Labute approximate surface area is 187 Å². The van der Waals surface area contributed by atoms with E-state index >= 15 is 0 Å². The summed E-state index contributed by atoms with van der Waals surface area (Å²) in [4.78, 5) is 12.4. The molecule has 0 bridgehead atoms. The number of rotatable bonds is 10. The third-order valence-electron chi connectivity index (χ3n) is 6.23. The van der Waals surface area contributed by atoms with Crippen LogP contribution in [0.25, 0.3) is 11.4 Å². The Morgan fingerprint density at radius 2 is 1.65 bits per heavy atom. The molecule has 5 nitrogen and oxygen atoms in total. The van der Waals surface area contributed by atoms with E-state index in [9.17, 15) is 5.11 Å². The van der Waals surface area contributed by atoms with Crippen molar-refractivity contribution in [2.75, 3.05) is 18.0 Å². The van der Waals surface area contributed by atoms with Gasteiger partial charge in [-0.05, 0) is 63.0 Å². The van der Waals surface area contributed by atoms with Crippen molar-refractivity contribution in [3.8, 4) is 17.3 Å². The van der Waals surface area contributed by atoms with E-state index in [1.165, 1.54) is 11.1 Å². The van der Waals surface area contributed by atoms with E-state index in [-0.39, 0.29) is 6.10 Å². The molecule has 1 heterocycles. The summed E-state index contributed by atoms with van der Waals surface area (Å²) in [5.74, 6) is 1.37. The second-order valence-electron chi connectivity index (χ2n) is 8.59. The Morgan fingerprint density at radius 3 is 2.16 bits per heavy atom. The van der Waals surface area contributed by atoms with Gasteiger partial charge >= 0.3 is 0 Å². The van der Waals surface area contributed by atoms with Gasteiger partial charge in [0.2, 0.25) is 5.88 Å². The van der Waals surface area contributed by atoms with Crippen LogP contribution in [0.1, 0.15) is 76.6 Å². The van der Waals surface area contributed by atoms with Gasteiger partial charge in [0.15, 0.2) is 5.82 Å². The SMILES string of the molecule is CCCN(CCC)c1c(C)nc(-c2c(CC)cccc2CC)nc1O[C@@H]1CCC[C@@H]1O. The summed E-state index contributed by atoms with van der Waals surface area (Å²) in [6.07, 6.45) is 5.99. The Balaban J connectivity index is 2.16. The molecule has 1 fully saturated rings. The normalized spacial score (nSPS) is 18.4. The average Bonchev–Trinajstić information content (AvgIpc) is 3.17. The van der Waals surface area contributed by atoms with E-state index in [1.807, 2.05) is 0 Å². The Morgan fingerprint density at radius 1 is 1.00 bits per heavy atom. The number of benzene rings is 1. The summed E-state index contributed by atoms with van der Waals surface area (Å²) < 4.78 is 6.44. The van der Waals surface area contributed by atoms with Gasteiger partial charge in [0.1, 0.15) is 11.8 Å². The number of ether oxygens (including phenoxy) is 1. The average molecular weight is 426 g/mol. The Bertz CT molecular complexity index is 840. The van der Waals surface area contributed by atoms with Crippen molar-refractivity contribution in [3.05, 3.63) is 35.0 Å². The standard InChI is InChI=1S/C26H39N3O2/c1-6-16-29(17-7-2)24-18(5)27-25(23-19(8-3)12-10-13-20(23)9-4)28-26(24)31-22-15-11-14-21(22)30/h10,12-13,21-22,30H,6-9,11,14-17H2,1-5H3/t21-,22+/m0/s1. The maximum Gasteiger partial charge on any atom is 0.241 e. The highest BCUT2D eigenvalue weighted by molar-refractivity contribution is 5.69. The molecule has 1 saturated carbocycles. The molecule has 170 valence electrons. The van der Waals surface area contributed by atoms with Crippen LogP contribution < -0.4 is 9.64 Å². The molecule has 0 amide bonds. The van der Waals surface area contributed by atoms with Gasteiger partial charge in [-0.3, -0.25) is 0 Å². The van der Waals surface area contributed by atoms with Crippen molar-refractivity contribution >= 4 is 5.69 Å². The van der Waals surface area contributed by atoms with Crippen molar-refractivity contribution in [3.63, 3.8) is 0 Å². The number of hydrogen-bond donors (Lipinski definition) is 1. The van der Waals surface area contributed by atoms with Gasteiger partial charge in [-0.1, -0.05) is 45.9 Å². The lowest BCUT2D eigenvalue weighted by atomic mass is 9.97. The van der Waals surface area contributed by atoms with E-state index in [2.05, 4.69) is 57.7 Å². The summed E-state index contributed by atoms with van der Waals surface area (Å²) in [6.45, 7) is 12.7. The Kier molecular flexibility index (Phi) is 8.30. The molecule has 1 N–H and O–H groups in total. The summed E-state index contributed by atoms with van der Waals surface area (Å²) >= 11 is 0. The second kappa shape index (κ2) is 10.9. The van der Waals surface area contributed by atoms with Crippen molar-refractivity contribution in [1.82, 2.24) is 9.97 Å². The number of nitrogens with zero attached hydrogens (tertiary/aromatic N) is 3. The molecule has 1 aliphatic carbocycles. The lowest BCUT2D eigenvalue weighted by Gasteiger charge is -2.29. The third-order valence-corrected chi connectivity index (χ3v) is 6.23. The first-order chi connectivity index (χ1) is 15.0. The fraction of sp³-hybridized carbons (Fsp3) is 0.615. The molecule has 3 rings (SSSR count). The minimum atomic E-state index is -0.425. The monoisotopic (exact) mass is 425 g/mol. The van der Waals surface area contributed by atoms with E-state index in [0.29, 0.717) is 5.88 Å². The highest BCUT2D eigenvalue weighted by Gasteiger charge is 2.30. The van der Waals surface area contributed by atoms with Crippen LogP contribution in [0.4, 0.5) is 5.69 Å². The molecule has 0 radical (unpaired) electrons. The van der Waals surface area contributed by atoms with Crippen LogP contribution in [-0.4, -0.2) is 40.4 Å². The molecule has 1 aliphatic rings. The smallest absolute Gasteiger partial charge is 0.241 e.